The van der Waals surface area contributed by atoms with Gasteiger partial charge < -0.3 is 14.7 Å². The quantitative estimate of drug-likeness (QED) is 0.696. The van der Waals surface area contributed by atoms with Crippen LogP contribution in [-0.2, 0) is 4.79 Å². The molecule has 5 nitrogen and oxygen atoms in total. The highest BCUT2D eigenvalue weighted by atomic mass is 32.1. The third-order valence-electron chi connectivity index (χ3n) is 5.91. The van der Waals surface area contributed by atoms with Crippen LogP contribution in [0.15, 0.2) is 66.0 Å². The Hall–Kier alpha value is -2.67. The van der Waals surface area contributed by atoms with Crippen LogP contribution in [0.3, 0.4) is 0 Å². The summed E-state index contributed by atoms with van der Waals surface area (Å²) in [6.07, 6.45) is -0.471. The third-order valence-corrected chi connectivity index (χ3v) is 6.89. The predicted molar refractivity (Wildman–Crippen MR) is 117 cm³/mol. The maximum atomic E-state index is 13.6. The Balaban J connectivity index is 1.30. The number of hydrogen-bond donors (Lipinski definition) is 1. The van der Waals surface area contributed by atoms with E-state index in [9.17, 15) is 9.90 Å². The number of ether oxygens (including phenoxy) is 1. The van der Waals surface area contributed by atoms with Crippen LogP contribution in [0, 0.1) is 0 Å². The van der Waals surface area contributed by atoms with Gasteiger partial charge in [-0.25, -0.2) is 0 Å². The number of β-amino-alcohol motifs (C(OH)–C–C–N with tert-alkyl or cyclic N) is 1. The zero-order chi connectivity index (χ0) is 20.5. The summed E-state index contributed by atoms with van der Waals surface area (Å²) in [6.45, 7) is 3.46. The molecule has 2 aromatic carbocycles. The van der Waals surface area contributed by atoms with E-state index in [1.165, 1.54) is 0 Å². The second-order valence-electron chi connectivity index (χ2n) is 7.77. The normalized spacial score (nSPS) is 17.7. The molecule has 1 amide bonds. The van der Waals surface area contributed by atoms with Crippen molar-refractivity contribution in [3.8, 4) is 11.5 Å². The molecular weight excluding hydrogens is 396 g/mol. The van der Waals surface area contributed by atoms with Gasteiger partial charge in [-0.05, 0) is 23.6 Å². The van der Waals surface area contributed by atoms with E-state index in [2.05, 4.69) is 4.90 Å². The zero-order valence-electron chi connectivity index (χ0n) is 16.6. The Bertz CT molecular complexity index is 983. The molecule has 6 heteroatoms. The van der Waals surface area contributed by atoms with Crippen LogP contribution in [0.5, 0.6) is 11.5 Å². The van der Waals surface area contributed by atoms with Crippen LogP contribution in [0.25, 0.3) is 0 Å². The molecule has 2 aliphatic heterocycles. The minimum absolute atomic E-state index is 0.122. The van der Waals surface area contributed by atoms with Crippen molar-refractivity contribution in [2.75, 3.05) is 32.7 Å². The van der Waals surface area contributed by atoms with Crippen molar-refractivity contribution in [2.45, 2.75) is 12.0 Å². The number of carbonyl (C=O) groups excluding carboxylic acids is 1. The van der Waals surface area contributed by atoms with Gasteiger partial charge in [0.1, 0.15) is 17.6 Å². The molecule has 0 bridgehead atoms. The Morgan fingerprint density at radius 3 is 2.20 bits per heavy atom. The minimum atomic E-state index is -0.471. The summed E-state index contributed by atoms with van der Waals surface area (Å²) in [6, 6.07) is 19.5. The molecule has 2 aliphatic rings. The number of amides is 1. The second-order valence-corrected chi connectivity index (χ2v) is 8.75. The first kappa shape index (κ1) is 19.3. The molecule has 0 spiro atoms. The lowest BCUT2D eigenvalue weighted by Crippen LogP contribution is -2.51. The largest absolute Gasteiger partial charge is 0.457 e. The minimum Gasteiger partial charge on any atom is -0.457 e. The highest BCUT2D eigenvalue weighted by molar-refractivity contribution is 7.10. The third kappa shape index (κ3) is 3.62. The fraction of sp³-hybridized carbons (Fsp3) is 0.292. The van der Waals surface area contributed by atoms with E-state index in [-0.39, 0.29) is 11.8 Å². The monoisotopic (exact) mass is 420 g/mol. The molecule has 154 valence electrons. The lowest BCUT2D eigenvalue weighted by molar-refractivity contribution is -0.133. The van der Waals surface area contributed by atoms with Crippen molar-refractivity contribution in [3.05, 3.63) is 82.0 Å². The average molecular weight is 421 g/mol. The molecule has 1 N–H and O–H groups in total. The SMILES string of the molecule is O=C(C1c2ccccc2Oc2ccccc21)N1CCN(CC(O)c2cccs2)CC1. The van der Waals surface area contributed by atoms with Crippen LogP contribution in [0.4, 0.5) is 0 Å². The van der Waals surface area contributed by atoms with Crippen molar-refractivity contribution in [1.29, 1.82) is 0 Å². The van der Waals surface area contributed by atoms with E-state index >= 15 is 0 Å². The van der Waals surface area contributed by atoms with Crippen LogP contribution >= 0.6 is 11.3 Å². The fourth-order valence-corrected chi connectivity index (χ4v) is 5.03. The lowest BCUT2D eigenvalue weighted by atomic mass is 9.86. The van der Waals surface area contributed by atoms with Gasteiger partial charge in [0, 0.05) is 48.7 Å². The standard InChI is InChI=1S/C24H24N2O3S/c27-19(22-10-5-15-30-22)16-25-11-13-26(14-12-25)24(28)23-17-6-1-3-8-20(17)29-21-9-4-2-7-18(21)23/h1-10,15,19,23,27H,11-14,16H2. The summed E-state index contributed by atoms with van der Waals surface area (Å²) in [5.74, 6) is 1.30. The van der Waals surface area contributed by atoms with Gasteiger partial charge >= 0.3 is 0 Å². The van der Waals surface area contributed by atoms with Gasteiger partial charge in [-0.3, -0.25) is 9.69 Å². The molecule has 1 atom stereocenters. The van der Waals surface area contributed by atoms with Gasteiger partial charge in [0.15, 0.2) is 0 Å². The summed E-state index contributed by atoms with van der Waals surface area (Å²) in [5, 5.41) is 12.4. The number of fused-ring (bicyclic) bond motifs is 2. The highest BCUT2D eigenvalue weighted by Crippen LogP contribution is 2.44. The summed E-state index contributed by atoms with van der Waals surface area (Å²) in [4.78, 5) is 18.8. The number of thiophene rings is 1. The van der Waals surface area contributed by atoms with Gasteiger partial charge in [-0.2, -0.15) is 0 Å². The first-order chi connectivity index (χ1) is 14.7. The molecule has 0 saturated carbocycles. The topological polar surface area (TPSA) is 53.0 Å². The number of aliphatic hydroxyl groups is 1. The number of carbonyl (C=O) groups is 1. The van der Waals surface area contributed by atoms with Crippen LogP contribution < -0.4 is 4.74 Å². The first-order valence-corrected chi connectivity index (χ1v) is 11.2. The number of piperazine rings is 1. The number of rotatable bonds is 4. The summed E-state index contributed by atoms with van der Waals surface area (Å²) in [7, 11) is 0. The number of benzene rings is 2. The van der Waals surface area contributed by atoms with Gasteiger partial charge in [-0.1, -0.05) is 42.5 Å². The molecule has 30 heavy (non-hydrogen) atoms. The maximum Gasteiger partial charge on any atom is 0.234 e. The Morgan fingerprint density at radius 2 is 1.60 bits per heavy atom. The molecule has 5 rings (SSSR count). The van der Waals surface area contributed by atoms with Crippen molar-refractivity contribution in [3.63, 3.8) is 0 Å². The van der Waals surface area contributed by atoms with E-state index in [0.29, 0.717) is 19.6 Å². The lowest BCUT2D eigenvalue weighted by Gasteiger charge is -2.38. The molecule has 1 saturated heterocycles. The molecule has 0 radical (unpaired) electrons. The average Bonchev–Trinajstić information content (AvgIpc) is 3.33. The van der Waals surface area contributed by atoms with E-state index < -0.39 is 6.10 Å². The van der Waals surface area contributed by atoms with E-state index in [0.717, 1.165) is 40.6 Å². The van der Waals surface area contributed by atoms with E-state index in [1.807, 2.05) is 70.9 Å². The molecule has 1 unspecified atom stereocenters. The van der Waals surface area contributed by atoms with Crippen molar-refractivity contribution in [1.82, 2.24) is 9.80 Å². The number of para-hydroxylation sites is 2. The van der Waals surface area contributed by atoms with E-state index in [1.54, 1.807) is 11.3 Å². The summed E-state index contributed by atoms with van der Waals surface area (Å²) in [5.41, 5.74) is 1.86. The Kier molecular flexibility index (Phi) is 5.29. The smallest absolute Gasteiger partial charge is 0.234 e. The highest BCUT2D eigenvalue weighted by Gasteiger charge is 2.36. The number of aliphatic hydroxyl groups excluding tert-OH is 1. The predicted octanol–water partition coefficient (Wildman–Crippen LogP) is 3.86. The molecule has 3 heterocycles. The van der Waals surface area contributed by atoms with E-state index in [4.69, 9.17) is 4.74 Å². The van der Waals surface area contributed by atoms with Gasteiger partial charge in [0.25, 0.3) is 0 Å². The first-order valence-electron chi connectivity index (χ1n) is 10.3. The van der Waals surface area contributed by atoms with Gasteiger partial charge in [0.2, 0.25) is 5.91 Å². The van der Waals surface area contributed by atoms with Crippen LogP contribution in [-0.4, -0.2) is 53.5 Å². The van der Waals surface area contributed by atoms with Crippen molar-refractivity contribution in [2.24, 2.45) is 0 Å². The van der Waals surface area contributed by atoms with Crippen molar-refractivity contribution >= 4 is 17.2 Å². The Labute approximate surface area is 180 Å². The molecule has 0 aliphatic carbocycles. The fourth-order valence-electron chi connectivity index (χ4n) is 4.32. The number of nitrogens with zero attached hydrogens (tertiary/aromatic N) is 2. The Morgan fingerprint density at radius 1 is 0.967 bits per heavy atom. The zero-order valence-corrected chi connectivity index (χ0v) is 17.4. The maximum absolute atomic E-state index is 13.6. The van der Waals surface area contributed by atoms with Crippen LogP contribution in [0.2, 0.25) is 0 Å². The molecule has 3 aromatic rings. The van der Waals surface area contributed by atoms with Crippen molar-refractivity contribution < 1.29 is 14.6 Å². The number of hydrogen-bond acceptors (Lipinski definition) is 5. The molecule has 1 fully saturated rings. The summed E-state index contributed by atoms with van der Waals surface area (Å²) < 4.78 is 6.04. The molecule has 1 aromatic heterocycles. The van der Waals surface area contributed by atoms with Crippen LogP contribution in [0.1, 0.15) is 28.0 Å². The second kappa shape index (κ2) is 8.22. The van der Waals surface area contributed by atoms with Gasteiger partial charge in [0.05, 0.1) is 5.92 Å². The molecular formula is C24H24N2O3S. The summed E-state index contributed by atoms with van der Waals surface area (Å²) >= 11 is 1.58. The van der Waals surface area contributed by atoms with Gasteiger partial charge in [-0.15, -0.1) is 11.3 Å².